The standard InChI is InChI=1S/C18H17ClN2O2/c1-12(2)23-17(22)11-21-16-6-4-3-5-15(16)20-18(21)13-7-9-14(19)10-8-13/h3-10,12H,11H2,1-2H3. The second-order valence-corrected chi connectivity index (χ2v) is 5.99. The van der Waals surface area contributed by atoms with E-state index < -0.39 is 0 Å². The zero-order valence-corrected chi connectivity index (χ0v) is 13.7. The van der Waals surface area contributed by atoms with Crippen LogP contribution in [0.2, 0.25) is 5.02 Å². The summed E-state index contributed by atoms with van der Waals surface area (Å²) in [7, 11) is 0. The highest BCUT2D eigenvalue weighted by molar-refractivity contribution is 6.30. The fourth-order valence-corrected chi connectivity index (χ4v) is 2.61. The maximum atomic E-state index is 12.1. The summed E-state index contributed by atoms with van der Waals surface area (Å²) in [5.41, 5.74) is 2.65. The van der Waals surface area contributed by atoms with Gasteiger partial charge in [-0.05, 0) is 50.2 Å². The van der Waals surface area contributed by atoms with Crippen molar-refractivity contribution in [2.45, 2.75) is 26.5 Å². The van der Waals surface area contributed by atoms with Crippen molar-refractivity contribution in [1.82, 2.24) is 9.55 Å². The monoisotopic (exact) mass is 328 g/mol. The number of rotatable bonds is 4. The lowest BCUT2D eigenvalue weighted by molar-refractivity contribution is -0.147. The Kier molecular flexibility index (Phi) is 4.35. The first-order chi connectivity index (χ1) is 11.0. The van der Waals surface area contributed by atoms with Crippen LogP contribution in [-0.4, -0.2) is 21.6 Å². The highest BCUT2D eigenvalue weighted by atomic mass is 35.5. The molecular weight excluding hydrogens is 312 g/mol. The van der Waals surface area contributed by atoms with Gasteiger partial charge in [0.05, 0.1) is 17.1 Å². The Labute approximate surface area is 139 Å². The van der Waals surface area contributed by atoms with Crippen LogP contribution in [0.15, 0.2) is 48.5 Å². The molecule has 0 saturated heterocycles. The van der Waals surface area contributed by atoms with Crippen molar-refractivity contribution in [2.24, 2.45) is 0 Å². The summed E-state index contributed by atoms with van der Waals surface area (Å²) in [6.45, 7) is 3.80. The van der Waals surface area contributed by atoms with Gasteiger partial charge in [0.1, 0.15) is 12.4 Å². The van der Waals surface area contributed by atoms with Crippen LogP contribution >= 0.6 is 11.6 Å². The average molecular weight is 329 g/mol. The fourth-order valence-electron chi connectivity index (χ4n) is 2.48. The number of hydrogen-bond donors (Lipinski definition) is 0. The summed E-state index contributed by atoms with van der Waals surface area (Å²) >= 11 is 5.96. The number of halogens is 1. The molecule has 0 aliphatic rings. The topological polar surface area (TPSA) is 44.1 Å². The van der Waals surface area contributed by atoms with Crippen LogP contribution in [0.5, 0.6) is 0 Å². The Hall–Kier alpha value is -2.33. The molecule has 5 heteroatoms. The van der Waals surface area contributed by atoms with E-state index in [0.717, 1.165) is 22.4 Å². The third-order valence-corrected chi connectivity index (χ3v) is 3.66. The van der Waals surface area contributed by atoms with Gasteiger partial charge in [0.2, 0.25) is 0 Å². The van der Waals surface area contributed by atoms with E-state index in [4.69, 9.17) is 16.3 Å². The van der Waals surface area contributed by atoms with Crippen molar-refractivity contribution in [3.8, 4) is 11.4 Å². The first kappa shape index (κ1) is 15.6. The number of nitrogens with zero attached hydrogens (tertiary/aromatic N) is 2. The van der Waals surface area contributed by atoms with Crippen LogP contribution in [-0.2, 0) is 16.1 Å². The van der Waals surface area contributed by atoms with Crippen molar-refractivity contribution in [2.75, 3.05) is 0 Å². The number of imidazole rings is 1. The van der Waals surface area contributed by atoms with Crippen molar-refractivity contribution in [3.05, 3.63) is 53.6 Å². The molecule has 0 aliphatic carbocycles. The zero-order valence-electron chi connectivity index (χ0n) is 13.0. The molecule has 3 aromatic rings. The van der Waals surface area contributed by atoms with Gasteiger partial charge in [0, 0.05) is 10.6 Å². The molecule has 2 aromatic carbocycles. The molecular formula is C18H17ClN2O2. The number of benzene rings is 2. The highest BCUT2D eigenvalue weighted by Gasteiger charge is 2.16. The Bertz CT molecular complexity index is 838. The van der Waals surface area contributed by atoms with E-state index in [-0.39, 0.29) is 18.6 Å². The number of carbonyl (C=O) groups excluding carboxylic acids is 1. The molecule has 23 heavy (non-hydrogen) atoms. The van der Waals surface area contributed by atoms with E-state index in [9.17, 15) is 4.79 Å². The Morgan fingerprint density at radius 1 is 1.17 bits per heavy atom. The minimum Gasteiger partial charge on any atom is -0.462 e. The SMILES string of the molecule is CC(C)OC(=O)Cn1c(-c2ccc(Cl)cc2)nc2ccccc21. The van der Waals surface area contributed by atoms with Gasteiger partial charge in [-0.1, -0.05) is 23.7 Å². The van der Waals surface area contributed by atoms with Crippen LogP contribution in [0.4, 0.5) is 0 Å². The van der Waals surface area contributed by atoms with Crippen LogP contribution in [0.25, 0.3) is 22.4 Å². The van der Waals surface area contributed by atoms with Crippen LogP contribution in [0, 0.1) is 0 Å². The van der Waals surface area contributed by atoms with Gasteiger partial charge in [-0.25, -0.2) is 4.98 Å². The lowest BCUT2D eigenvalue weighted by Crippen LogP contribution is -2.18. The first-order valence-corrected chi connectivity index (χ1v) is 7.83. The Balaban J connectivity index is 2.07. The number of aromatic nitrogens is 2. The van der Waals surface area contributed by atoms with Gasteiger partial charge in [-0.15, -0.1) is 0 Å². The van der Waals surface area contributed by atoms with Gasteiger partial charge in [-0.3, -0.25) is 4.79 Å². The summed E-state index contributed by atoms with van der Waals surface area (Å²) < 4.78 is 7.15. The van der Waals surface area contributed by atoms with Crippen LogP contribution < -0.4 is 0 Å². The quantitative estimate of drug-likeness (QED) is 0.670. The van der Waals surface area contributed by atoms with Crippen molar-refractivity contribution in [3.63, 3.8) is 0 Å². The van der Waals surface area contributed by atoms with Crippen LogP contribution in [0.1, 0.15) is 13.8 Å². The summed E-state index contributed by atoms with van der Waals surface area (Å²) in [4.78, 5) is 16.8. The van der Waals surface area contributed by atoms with Crippen molar-refractivity contribution in [1.29, 1.82) is 0 Å². The molecule has 4 nitrogen and oxygen atoms in total. The molecule has 0 spiro atoms. The Morgan fingerprint density at radius 3 is 2.57 bits per heavy atom. The highest BCUT2D eigenvalue weighted by Crippen LogP contribution is 2.26. The number of esters is 1. The maximum absolute atomic E-state index is 12.1. The molecule has 1 heterocycles. The summed E-state index contributed by atoms with van der Waals surface area (Å²) in [6.07, 6.45) is -0.142. The van der Waals surface area contributed by atoms with E-state index in [0.29, 0.717) is 5.02 Å². The number of carbonyl (C=O) groups is 1. The minimum absolute atomic E-state index is 0.122. The van der Waals surface area contributed by atoms with Gasteiger partial charge in [0.25, 0.3) is 0 Å². The largest absolute Gasteiger partial charge is 0.462 e. The lowest BCUT2D eigenvalue weighted by Gasteiger charge is -2.11. The fraction of sp³-hybridized carbons (Fsp3) is 0.222. The molecule has 3 rings (SSSR count). The number of para-hydroxylation sites is 2. The van der Waals surface area contributed by atoms with E-state index in [1.807, 2.05) is 66.9 Å². The maximum Gasteiger partial charge on any atom is 0.326 e. The smallest absolute Gasteiger partial charge is 0.326 e. The van der Waals surface area contributed by atoms with Crippen LogP contribution in [0.3, 0.4) is 0 Å². The van der Waals surface area contributed by atoms with E-state index in [1.165, 1.54) is 0 Å². The molecule has 118 valence electrons. The Morgan fingerprint density at radius 2 is 1.87 bits per heavy atom. The number of fused-ring (bicyclic) bond motifs is 1. The van der Waals surface area contributed by atoms with Gasteiger partial charge in [-0.2, -0.15) is 0 Å². The normalized spacial score (nSPS) is 11.1. The molecule has 1 aromatic heterocycles. The van der Waals surface area contributed by atoms with E-state index in [1.54, 1.807) is 0 Å². The lowest BCUT2D eigenvalue weighted by atomic mass is 10.2. The number of hydrogen-bond acceptors (Lipinski definition) is 3. The molecule has 0 unspecified atom stereocenters. The minimum atomic E-state index is -0.279. The predicted molar refractivity (Wildman–Crippen MR) is 91.4 cm³/mol. The average Bonchev–Trinajstić information content (AvgIpc) is 2.86. The summed E-state index contributed by atoms with van der Waals surface area (Å²) in [5.74, 6) is 0.446. The molecule has 0 aliphatic heterocycles. The molecule has 0 bridgehead atoms. The molecule has 0 atom stereocenters. The van der Waals surface area contributed by atoms with Gasteiger partial charge >= 0.3 is 5.97 Å². The third-order valence-electron chi connectivity index (χ3n) is 3.41. The zero-order chi connectivity index (χ0) is 16.4. The predicted octanol–water partition coefficient (Wildman–Crippen LogP) is 4.31. The molecule has 0 fully saturated rings. The summed E-state index contributed by atoms with van der Waals surface area (Å²) in [6, 6.07) is 15.2. The molecule has 0 N–H and O–H groups in total. The van der Waals surface area contributed by atoms with E-state index in [2.05, 4.69) is 4.98 Å². The number of ether oxygens (including phenoxy) is 1. The molecule has 0 amide bonds. The molecule has 0 saturated carbocycles. The van der Waals surface area contributed by atoms with Gasteiger partial charge < -0.3 is 9.30 Å². The second-order valence-electron chi connectivity index (χ2n) is 5.56. The van der Waals surface area contributed by atoms with Crippen molar-refractivity contribution >= 4 is 28.6 Å². The van der Waals surface area contributed by atoms with Gasteiger partial charge in [0.15, 0.2) is 0 Å². The van der Waals surface area contributed by atoms with Crippen molar-refractivity contribution < 1.29 is 9.53 Å². The van der Waals surface area contributed by atoms with E-state index >= 15 is 0 Å². The molecule has 0 radical (unpaired) electrons. The third kappa shape index (κ3) is 3.37. The second kappa shape index (κ2) is 6.42. The summed E-state index contributed by atoms with van der Waals surface area (Å²) in [5, 5.41) is 0.663. The first-order valence-electron chi connectivity index (χ1n) is 7.45.